The molecule has 2 aliphatic heterocycles. The number of benzene rings is 1. The van der Waals surface area contributed by atoms with Crippen molar-refractivity contribution in [2.75, 3.05) is 6.61 Å². The largest absolute Gasteiger partial charge is 0.369 e. The van der Waals surface area contributed by atoms with Crippen molar-refractivity contribution >= 4 is 17.8 Å². The minimum Gasteiger partial charge on any atom is -0.369 e. The molecule has 8 heteroatoms. The zero-order chi connectivity index (χ0) is 18.3. The third kappa shape index (κ3) is 2.59. The van der Waals surface area contributed by atoms with Crippen LogP contribution in [0.15, 0.2) is 36.7 Å². The molecular weight excluding hydrogens is 338 g/mol. The number of imidazole rings is 1. The Hall–Kier alpha value is -3.00. The second-order valence-corrected chi connectivity index (χ2v) is 6.30. The maximum Gasteiger partial charge on any atom is 0.339 e. The fraction of sp³-hybridized carbons (Fsp3) is 0.333. The Kier molecular flexibility index (Phi) is 4.04. The van der Waals surface area contributed by atoms with Crippen LogP contribution in [0.5, 0.6) is 0 Å². The number of aryl methyl sites for hydroxylation is 1. The van der Waals surface area contributed by atoms with Crippen LogP contribution in [-0.2, 0) is 21.4 Å². The van der Waals surface area contributed by atoms with E-state index in [2.05, 4.69) is 4.98 Å². The second kappa shape index (κ2) is 6.38. The van der Waals surface area contributed by atoms with E-state index < -0.39 is 29.8 Å². The lowest BCUT2D eigenvalue weighted by Crippen LogP contribution is -2.39. The van der Waals surface area contributed by atoms with Crippen LogP contribution in [-0.4, -0.2) is 39.0 Å². The highest BCUT2D eigenvalue weighted by Gasteiger charge is 2.43. The number of hydrogen-bond donors (Lipinski definition) is 0. The lowest BCUT2D eigenvalue weighted by atomic mass is 9.94. The number of rotatable bonds is 3. The van der Waals surface area contributed by atoms with Crippen LogP contribution in [0.1, 0.15) is 45.5 Å². The molecule has 26 heavy (non-hydrogen) atoms. The number of carbonyl (C=O) groups excluding carboxylic acids is 3. The fourth-order valence-electron chi connectivity index (χ4n) is 3.34. The summed E-state index contributed by atoms with van der Waals surface area (Å²) in [7, 11) is 1.81. The van der Waals surface area contributed by atoms with E-state index in [1.807, 2.05) is 7.05 Å². The molecule has 1 aromatic heterocycles. The third-order valence-electron chi connectivity index (χ3n) is 4.68. The van der Waals surface area contributed by atoms with E-state index >= 15 is 0 Å². The van der Waals surface area contributed by atoms with Crippen molar-refractivity contribution in [3.8, 4) is 0 Å². The quantitative estimate of drug-likeness (QED) is 0.778. The summed E-state index contributed by atoms with van der Waals surface area (Å²) >= 11 is 0. The number of hydrogen-bond acceptors (Lipinski definition) is 6. The highest BCUT2D eigenvalue weighted by atomic mass is 16.7. The van der Waals surface area contributed by atoms with Gasteiger partial charge in [-0.05, 0) is 25.0 Å². The predicted molar refractivity (Wildman–Crippen MR) is 87.7 cm³/mol. The zero-order valence-electron chi connectivity index (χ0n) is 14.1. The van der Waals surface area contributed by atoms with Gasteiger partial charge in [-0.1, -0.05) is 17.2 Å². The number of hydroxylamine groups is 2. The van der Waals surface area contributed by atoms with Gasteiger partial charge in [-0.3, -0.25) is 9.59 Å². The number of nitrogens with zero attached hydrogens (tertiary/aromatic N) is 3. The van der Waals surface area contributed by atoms with Gasteiger partial charge < -0.3 is 14.1 Å². The molecule has 134 valence electrons. The van der Waals surface area contributed by atoms with Crippen LogP contribution in [0.25, 0.3) is 0 Å². The molecule has 1 saturated heterocycles. The maximum atomic E-state index is 12.7. The predicted octanol–water partition coefficient (Wildman–Crippen LogP) is 1.64. The molecule has 0 saturated carbocycles. The minimum atomic E-state index is -0.674. The molecule has 0 bridgehead atoms. The number of carbonyl (C=O) groups is 3. The van der Waals surface area contributed by atoms with Crippen LogP contribution in [0.3, 0.4) is 0 Å². The molecule has 3 heterocycles. The number of fused-ring (bicyclic) bond motifs is 1. The van der Waals surface area contributed by atoms with Gasteiger partial charge in [0.2, 0.25) is 0 Å². The molecule has 0 unspecified atom stereocenters. The summed E-state index contributed by atoms with van der Waals surface area (Å²) in [6.45, 7) is 0.508. The van der Waals surface area contributed by atoms with Gasteiger partial charge in [-0.25, -0.2) is 9.78 Å². The molecule has 0 aliphatic carbocycles. The van der Waals surface area contributed by atoms with E-state index in [9.17, 15) is 14.4 Å². The van der Waals surface area contributed by atoms with Gasteiger partial charge in [-0.2, -0.15) is 0 Å². The zero-order valence-corrected chi connectivity index (χ0v) is 14.1. The van der Waals surface area contributed by atoms with E-state index in [4.69, 9.17) is 9.57 Å². The Morgan fingerprint density at radius 2 is 1.92 bits per heavy atom. The Morgan fingerprint density at radius 3 is 2.54 bits per heavy atom. The molecule has 1 aromatic carbocycles. The first kappa shape index (κ1) is 16.5. The summed E-state index contributed by atoms with van der Waals surface area (Å²) in [6.07, 6.45) is 4.02. The van der Waals surface area contributed by atoms with Crippen LogP contribution >= 0.6 is 0 Å². The van der Waals surface area contributed by atoms with Crippen molar-refractivity contribution in [1.82, 2.24) is 14.6 Å². The lowest BCUT2D eigenvalue weighted by Gasteiger charge is -2.30. The Morgan fingerprint density at radius 1 is 1.23 bits per heavy atom. The summed E-state index contributed by atoms with van der Waals surface area (Å²) < 4.78 is 7.52. The number of amides is 2. The van der Waals surface area contributed by atoms with Crippen LogP contribution in [0, 0.1) is 5.92 Å². The first-order chi connectivity index (χ1) is 12.6. The average Bonchev–Trinajstić information content (AvgIpc) is 3.19. The van der Waals surface area contributed by atoms with Crippen molar-refractivity contribution in [2.24, 2.45) is 13.0 Å². The van der Waals surface area contributed by atoms with Gasteiger partial charge in [0.1, 0.15) is 11.9 Å². The molecule has 4 rings (SSSR count). The minimum absolute atomic E-state index is 0.228. The maximum absolute atomic E-state index is 12.7. The van der Waals surface area contributed by atoms with Crippen molar-refractivity contribution < 1.29 is 24.0 Å². The molecule has 1 fully saturated rings. The normalized spacial score (nSPS) is 22.4. The van der Waals surface area contributed by atoms with Crippen molar-refractivity contribution in [2.45, 2.75) is 18.9 Å². The number of imide groups is 1. The van der Waals surface area contributed by atoms with Gasteiger partial charge in [0, 0.05) is 26.0 Å². The first-order valence-electron chi connectivity index (χ1n) is 8.36. The first-order valence-corrected chi connectivity index (χ1v) is 8.36. The molecule has 0 N–H and O–H groups in total. The van der Waals surface area contributed by atoms with E-state index in [0.717, 1.165) is 0 Å². The van der Waals surface area contributed by atoms with Gasteiger partial charge in [0.25, 0.3) is 11.8 Å². The highest BCUT2D eigenvalue weighted by molar-refractivity contribution is 6.20. The average molecular weight is 355 g/mol. The van der Waals surface area contributed by atoms with Crippen molar-refractivity contribution in [3.05, 3.63) is 53.6 Å². The SMILES string of the molecule is Cn1ccnc1[C@@H]1OCCC[C@H]1C(=O)ON1C(=O)c2ccccc2C1=O. The van der Waals surface area contributed by atoms with Gasteiger partial charge in [0.15, 0.2) is 0 Å². The molecule has 0 radical (unpaired) electrons. The van der Waals surface area contributed by atoms with Crippen LogP contribution < -0.4 is 0 Å². The highest BCUT2D eigenvalue weighted by Crippen LogP contribution is 2.34. The van der Waals surface area contributed by atoms with Gasteiger partial charge in [0.05, 0.1) is 17.0 Å². The molecule has 2 aliphatic rings. The molecule has 2 aromatic rings. The third-order valence-corrected chi connectivity index (χ3v) is 4.68. The topological polar surface area (TPSA) is 90.7 Å². The van der Waals surface area contributed by atoms with E-state index in [1.165, 1.54) is 12.1 Å². The molecule has 8 nitrogen and oxygen atoms in total. The van der Waals surface area contributed by atoms with Gasteiger partial charge >= 0.3 is 5.97 Å². The Bertz CT molecular complexity index is 855. The van der Waals surface area contributed by atoms with E-state index in [0.29, 0.717) is 30.3 Å². The molecule has 2 atom stereocenters. The summed E-state index contributed by atoms with van der Waals surface area (Å²) in [5.41, 5.74) is 0.455. The summed E-state index contributed by atoms with van der Waals surface area (Å²) in [5, 5.41) is 0.539. The Labute approximate surface area is 149 Å². The summed E-state index contributed by atoms with van der Waals surface area (Å²) in [5.74, 6) is -1.98. The van der Waals surface area contributed by atoms with Gasteiger partial charge in [-0.15, -0.1) is 0 Å². The van der Waals surface area contributed by atoms with Crippen LogP contribution in [0.4, 0.5) is 0 Å². The van der Waals surface area contributed by atoms with Crippen molar-refractivity contribution in [3.63, 3.8) is 0 Å². The monoisotopic (exact) mass is 355 g/mol. The molecule has 2 amide bonds. The van der Waals surface area contributed by atoms with E-state index in [1.54, 1.807) is 29.1 Å². The second-order valence-electron chi connectivity index (χ2n) is 6.30. The molecule has 0 spiro atoms. The van der Waals surface area contributed by atoms with Crippen molar-refractivity contribution in [1.29, 1.82) is 0 Å². The number of aromatic nitrogens is 2. The lowest BCUT2D eigenvalue weighted by molar-refractivity contribution is -0.183. The Balaban J connectivity index is 1.55. The summed E-state index contributed by atoms with van der Waals surface area (Å²) in [6, 6.07) is 6.37. The smallest absolute Gasteiger partial charge is 0.339 e. The summed E-state index contributed by atoms with van der Waals surface area (Å²) in [4.78, 5) is 46.9. The standard InChI is InChI=1S/C18H17N3O5/c1-20-9-8-19-15(20)14-13(7-4-10-25-14)18(24)26-21-16(22)11-5-2-3-6-12(11)17(21)23/h2-3,5-6,8-9,13-14H,4,7,10H2,1H3/t13-,14-/m1/s1. The molecular formula is C18H17N3O5. The van der Waals surface area contributed by atoms with Crippen LogP contribution in [0.2, 0.25) is 0 Å². The number of ether oxygens (including phenoxy) is 1. The van der Waals surface area contributed by atoms with E-state index in [-0.39, 0.29) is 11.1 Å². The fourth-order valence-corrected chi connectivity index (χ4v) is 3.34.